The van der Waals surface area contributed by atoms with E-state index < -0.39 is 116 Å². The third-order valence-corrected chi connectivity index (χ3v) is 7.65. The molecule has 300 valence electrons. The number of aliphatic hydroxyl groups excluding tert-OH is 1. The lowest BCUT2D eigenvalue weighted by molar-refractivity contribution is -0.142. The third kappa shape index (κ3) is 17.6. The fourth-order valence-corrected chi connectivity index (χ4v) is 4.69. The number of carbonyl (C=O) groups is 9. The summed E-state index contributed by atoms with van der Waals surface area (Å²) in [4.78, 5) is 112. The molecule has 0 saturated heterocycles. The summed E-state index contributed by atoms with van der Waals surface area (Å²) >= 11 is 0. The number of hydrogen-bond donors (Lipinski definition) is 12. The molecule has 7 amide bonds. The molecule has 0 bridgehead atoms. The van der Waals surface area contributed by atoms with Crippen molar-refractivity contribution in [2.75, 3.05) is 13.2 Å². The summed E-state index contributed by atoms with van der Waals surface area (Å²) in [6.45, 7) is 3.10. The van der Waals surface area contributed by atoms with Crippen molar-refractivity contribution in [3.63, 3.8) is 0 Å². The second-order valence-electron chi connectivity index (χ2n) is 12.8. The van der Waals surface area contributed by atoms with Gasteiger partial charge in [-0.25, -0.2) is 0 Å². The molecule has 0 radical (unpaired) electrons. The summed E-state index contributed by atoms with van der Waals surface area (Å²) in [6, 6.07) is -2.64. The van der Waals surface area contributed by atoms with E-state index in [0.29, 0.717) is 5.56 Å². The number of carboxylic acid groups (broad SMARTS) is 2. The molecular weight excluding hydrogens is 716 g/mol. The van der Waals surface area contributed by atoms with Gasteiger partial charge in [0.15, 0.2) is 0 Å². The molecule has 1 aromatic carbocycles. The van der Waals surface area contributed by atoms with Crippen molar-refractivity contribution in [3.8, 4) is 5.75 Å². The summed E-state index contributed by atoms with van der Waals surface area (Å²) in [5, 5.41) is 51.2. The smallest absolute Gasteiger partial charge is 0.325 e. The van der Waals surface area contributed by atoms with Gasteiger partial charge in [0, 0.05) is 19.3 Å². The Hall–Kier alpha value is -5.83. The molecule has 0 saturated carbocycles. The van der Waals surface area contributed by atoms with Crippen LogP contribution in [0.3, 0.4) is 0 Å². The van der Waals surface area contributed by atoms with Crippen molar-refractivity contribution >= 4 is 53.3 Å². The van der Waals surface area contributed by atoms with Crippen LogP contribution in [0.15, 0.2) is 24.3 Å². The number of nitrogens with two attached hydrogens (primary N) is 2. The molecule has 21 nitrogen and oxygen atoms in total. The zero-order valence-corrected chi connectivity index (χ0v) is 30.1. The summed E-state index contributed by atoms with van der Waals surface area (Å²) in [6.07, 6.45) is -1.83. The minimum Gasteiger partial charge on any atom is -0.508 e. The van der Waals surface area contributed by atoms with Crippen LogP contribution in [-0.2, 0) is 49.6 Å². The van der Waals surface area contributed by atoms with Gasteiger partial charge in [0.2, 0.25) is 41.4 Å². The maximum Gasteiger partial charge on any atom is 0.325 e. The SMILES string of the molecule is CC(C)C[C@H](NC(=O)[C@H](Cc1ccc(O)cc1)NC(=O)[C@@H](N)CO)C(=O)N[C@@H](CCC(=O)O)C(=O)NCC(=O)N[C@@H](CCC(N)=O)C(=O)N[C@@H](C)C(=O)O. The van der Waals surface area contributed by atoms with Gasteiger partial charge in [-0.05, 0) is 49.8 Å². The molecule has 0 aliphatic rings. The highest BCUT2D eigenvalue weighted by Crippen LogP contribution is 2.13. The topological polar surface area (TPSA) is 359 Å². The number of aliphatic carboxylic acids is 2. The van der Waals surface area contributed by atoms with Gasteiger partial charge in [-0.2, -0.15) is 0 Å². The molecule has 54 heavy (non-hydrogen) atoms. The highest BCUT2D eigenvalue weighted by Gasteiger charge is 2.32. The molecule has 0 heterocycles. The maximum absolute atomic E-state index is 13.6. The number of carboxylic acids is 2. The fraction of sp³-hybridized carbons (Fsp3) is 0.545. The van der Waals surface area contributed by atoms with Gasteiger partial charge in [-0.3, -0.25) is 43.2 Å². The molecule has 0 aliphatic carbocycles. The first-order chi connectivity index (χ1) is 25.2. The lowest BCUT2D eigenvalue weighted by Gasteiger charge is -2.26. The number of carbonyl (C=O) groups excluding carboxylic acids is 7. The number of primary amides is 1. The van der Waals surface area contributed by atoms with E-state index in [-0.39, 0.29) is 37.4 Å². The molecule has 6 atom stereocenters. The number of phenols is 1. The summed E-state index contributed by atoms with van der Waals surface area (Å²) < 4.78 is 0. The number of hydrogen-bond acceptors (Lipinski definition) is 12. The fourth-order valence-electron chi connectivity index (χ4n) is 4.69. The van der Waals surface area contributed by atoms with Crippen LogP contribution in [0.4, 0.5) is 0 Å². The van der Waals surface area contributed by atoms with Crippen molar-refractivity contribution in [1.82, 2.24) is 31.9 Å². The van der Waals surface area contributed by atoms with Crippen LogP contribution in [-0.4, -0.2) is 123 Å². The Balaban J connectivity index is 3.17. The first-order valence-electron chi connectivity index (χ1n) is 16.9. The van der Waals surface area contributed by atoms with Crippen LogP contribution in [0.5, 0.6) is 5.75 Å². The average Bonchev–Trinajstić information content (AvgIpc) is 3.09. The number of nitrogens with one attached hydrogen (secondary N) is 6. The highest BCUT2D eigenvalue weighted by atomic mass is 16.4. The minimum atomic E-state index is -1.55. The predicted octanol–water partition coefficient (Wildman–Crippen LogP) is -3.92. The second-order valence-corrected chi connectivity index (χ2v) is 12.8. The molecule has 1 rings (SSSR count). The van der Waals surface area contributed by atoms with Crippen LogP contribution < -0.4 is 43.4 Å². The van der Waals surface area contributed by atoms with Crippen molar-refractivity contribution in [3.05, 3.63) is 29.8 Å². The quantitative estimate of drug-likeness (QED) is 0.0478. The molecule has 14 N–H and O–H groups in total. The van der Waals surface area contributed by atoms with Crippen LogP contribution in [0.2, 0.25) is 0 Å². The van der Waals surface area contributed by atoms with Crippen LogP contribution in [0.25, 0.3) is 0 Å². The van der Waals surface area contributed by atoms with E-state index in [1.54, 1.807) is 13.8 Å². The molecule has 0 aromatic heterocycles. The summed E-state index contributed by atoms with van der Waals surface area (Å²) in [5.41, 5.74) is 11.2. The Kier molecular flexibility index (Phi) is 19.6. The Bertz CT molecular complexity index is 1510. The van der Waals surface area contributed by atoms with Gasteiger partial charge in [0.05, 0.1) is 13.2 Å². The van der Waals surface area contributed by atoms with Gasteiger partial charge in [-0.15, -0.1) is 0 Å². The van der Waals surface area contributed by atoms with Gasteiger partial charge >= 0.3 is 11.9 Å². The second kappa shape index (κ2) is 23.0. The standard InChI is InChI=1S/C33H50N8O13/c1-16(2)12-23(41-32(52)24(40-28(48)20(34)15-42)13-18-4-6-19(43)7-5-18)31(51)39-21(9-11-27(46)47)29(49)36-14-26(45)38-22(8-10-25(35)44)30(50)37-17(3)33(53)54/h4-7,16-17,20-24,42-43H,8-15,34H2,1-3H3,(H2,35,44)(H,36,49)(H,37,50)(H,38,45)(H,39,51)(H,40,48)(H,41,52)(H,46,47)(H,53,54)/t17-,20-,21-,22-,23-,24-/m0/s1. The Morgan fingerprint density at radius 1 is 0.685 bits per heavy atom. The zero-order valence-electron chi connectivity index (χ0n) is 30.1. The highest BCUT2D eigenvalue weighted by molar-refractivity contribution is 5.96. The minimum absolute atomic E-state index is 0.0124. The monoisotopic (exact) mass is 766 g/mol. The number of phenolic OH excluding ortho intramolecular Hbond substituents is 1. The van der Waals surface area contributed by atoms with Crippen LogP contribution in [0, 0.1) is 5.92 Å². The molecule has 1 aromatic rings. The number of benzene rings is 1. The summed E-state index contributed by atoms with van der Waals surface area (Å²) in [7, 11) is 0. The number of rotatable bonds is 24. The Morgan fingerprint density at radius 3 is 1.74 bits per heavy atom. The van der Waals surface area contributed by atoms with E-state index in [9.17, 15) is 58.5 Å². The zero-order chi connectivity index (χ0) is 41.1. The molecule has 0 aliphatic heterocycles. The molecule has 21 heteroatoms. The van der Waals surface area contributed by atoms with Gasteiger partial charge < -0.3 is 63.8 Å². The van der Waals surface area contributed by atoms with E-state index in [0.717, 1.165) is 0 Å². The number of amides is 7. The third-order valence-electron chi connectivity index (χ3n) is 7.65. The Morgan fingerprint density at radius 2 is 1.20 bits per heavy atom. The Labute approximate surface area is 310 Å². The van der Waals surface area contributed by atoms with E-state index in [2.05, 4.69) is 31.9 Å². The molecule has 0 fully saturated rings. The predicted molar refractivity (Wildman–Crippen MR) is 188 cm³/mol. The van der Waals surface area contributed by atoms with E-state index in [1.165, 1.54) is 31.2 Å². The average molecular weight is 767 g/mol. The lowest BCUT2D eigenvalue weighted by Crippen LogP contribution is -2.59. The largest absolute Gasteiger partial charge is 0.508 e. The number of aliphatic hydroxyl groups is 1. The molecule has 0 unspecified atom stereocenters. The van der Waals surface area contributed by atoms with E-state index in [4.69, 9.17) is 16.6 Å². The van der Waals surface area contributed by atoms with E-state index in [1.807, 2.05) is 0 Å². The van der Waals surface area contributed by atoms with Crippen LogP contribution >= 0.6 is 0 Å². The first kappa shape index (κ1) is 46.2. The van der Waals surface area contributed by atoms with Crippen LogP contribution in [0.1, 0.15) is 58.4 Å². The maximum atomic E-state index is 13.6. The van der Waals surface area contributed by atoms with Crippen molar-refractivity contribution in [2.45, 2.75) is 95.5 Å². The normalized spacial score (nSPS) is 14.2. The molecular formula is C33H50N8O13. The lowest BCUT2D eigenvalue weighted by atomic mass is 10.00. The molecule has 0 spiro atoms. The van der Waals surface area contributed by atoms with Crippen molar-refractivity contribution in [1.29, 1.82) is 0 Å². The van der Waals surface area contributed by atoms with Crippen molar-refractivity contribution < 1.29 is 63.6 Å². The number of aromatic hydroxyl groups is 1. The summed E-state index contributed by atoms with van der Waals surface area (Å²) in [5.74, 6) is -9.33. The van der Waals surface area contributed by atoms with E-state index >= 15 is 0 Å². The van der Waals surface area contributed by atoms with Crippen molar-refractivity contribution in [2.24, 2.45) is 17.4 Å². The van der Waals surface area contributed by atoms with Gasteiger partial charge in [-0.1, -0.05) is 26.0 Å². The van der Waals surface area contributed by atoms with Gasteiger partial charge in [0.1, 0.15) is 42.0 Å². The van der Waals surface area contributed by atoms with Gasteiger partial charge in [0.25, 0.3) is 0 Å². The first-order valence-corrected chi connectivity index (χ1v) is 16.9.